The van der Waals surface area contributed by atoms with Crippen LogP contribution in [0.15, 0.2) is 46.7 Å². The summed E-state index contributed by atoms with van der Waals surface area (Å²) in [5, 5.41) is 8.03. The van der Waals surface area contributed by atoms with Gasteiger partial charge in [-0.05, 0) is 42.5 Å². The molecule has 3 rings (SSSR count). The number of sulfonamides is 1. The molecule has 7 nitrogen and oxygen atoms in total. The average molecular weight is 430 g/mol. The molecule has 3 aromatic rings. The number of aromatic nitrogens is 2. The maximum atomic E-state index is 12.7. The summed E-state index contributed by atoms with van der Waals surface area (Å²) in [7, 11) is -3.94. The molecule has 2 heterocycles. The Morgan fingerprint density at radius 2 is 1.75 bits per heavy atom. The molecule has 0 aliphatic rings. The molecular formula is C16H13F3N4O3S2. The van der Waals surface area contributed by atoms with Crippen LogP contribution in [0.5, 0.6) is 0 Å². The van der Waals surface area contributed by atoms with Crippen LogP contribution in [0.3, 0.4) is 0 Å². The van der Waals surface area contributed by atoms with Gasteiger partial charge in [-0.3, -0.25) is 14.6 Å². The Labute approximate surface area is 161 Å². The van der Waals surface area contributed by atoms with Gasteiger partial charge in [-0.1, -0.05) is 0 Å². The number of rotatable bonds is 5. The molecule has 0 aliphatic carbocycles. The quantitative estimate of drug-likeness (QED) is 0.571. The highest BCUT2D eigenvalue weighted by molar-refractivity contribution is 7.94. The van der Waals surface area contributed by atoms with E-state index >= 15 is 0 Å². The Morgan fingerprint density at radius 1 is 1.11 bits per heavy atom. The molecule has 0 aliphatic heterocycles. The molecule has 0 bridgehead atoms. The van der Waals surface area contributed by atoms with E-state index in [2.05, 4.69) is 15.1 Å². The number of amides is 1. The van der Waals surface area contributed by atoms with Crippen LogP contribution < -0.4 is 10.0 Å². The van der Waals surface area contributed by atoms with Crippen LogP contribution in [0, 0.1) is 0 Å². The normalized spacial score (nSPS) is 12.0. The van der Waals surface area contributed by atoms with Crippen LogP contribution >= 0.6 is 11.3 Å². The predicted octanol–water partition coefficient (Wildman–Crippen LogP) is 3.92. The standard InChI is InChI=1S/C16H13F3N4O3S2/c1-9(24)20-10-2-4-11(5-3-10)23-28(25,26)15-7-6-13(27-15)12-8-14(22-21-12)16(17,18)19/h2-8,23H,1H3,(H,20,24)(H,21,22). The minimum atomic E-state index is -4.57. The third kappa shape index (κ3) is 4.51. The molecule has 1 aromatic carbocycles. The molecule has 0 unspecified atom stereocenters. The Balaban J connectivity index is 1.78. The second kappa shape index (κ2) is 7.28. The minimum absolute atomic E-state index is 0.00145. The van der Waals surface area contributed by atoms with Crippen LogP contribution in [0.1, 0.15) is 12.6 Å². The third-order valence-electron chi connectivity index (χ3n) is 3.44. The van der Waals surface area contributed by atoms with Crippen molar-refractivity contribution in [1.29, 1.82) is 0 Å². The van der Waals surface area contributed by atoms with E-state index in [0.29, 0.717) is 5.69 Å². The topological polar surface area (TPSA) is 104 Å². The number of benzene rings is 1. The van der Waals surface area contributed by atoms with Gasteiger partial charge in [0, 0.05) is 18.3 Å². The van der Waals surface area contributed by atoms with E-state index in [1.54, 1.807) is 0 Å². The van der Waals surface area contributed by atoms with Crippen LogP contribution in [-0.4, -0.2) is 24.5 Å². The molecule has 0 spiro atoms. The zero-order valence-corrected chi connectivity index (χ0v) is 15.8. The van der Waals surface area contributed by atoms with Crippen molar-refractivity contribution in [3.63, 3.8) is 0 Å². The Bertz CT molecular complexity index is 1100. The van der Waals surface area contributed by atoms with Gasteiger partial charge in [0.1, 0.15) is 15.6 Å². The lowest BCUT2D eigenvalue weighted by Crippen LogP contribution is -2.11. The number of nitrogens with one attached hydrogen (secondary N) is 3. The van der Waals surface area contributed by atoms with Gasteiger partial charge in [0.15, 0.2) is 0 Å². The van der Waals surface area contributed by atoms with Crippen molar-refractivity contribution in [3.05, 3.63) is 48.2 Å². The lowest BCUT2D eigenvalue weighted by Gasteiger charge is -2.07. The number of anilines is 2. The molecular weight excluding hydrogens is 417 g/mol. The third-order valence-corrected chi connectivity index (χ3v) is 6.42. The first-order valence-corrected chi connectivity index (χ1v) is 9.98. The smallest absolute Gasteiger partial charge is 0.326 e. The molecule has 0 saturated carbocycles. The van der Waals surface area contributed by atoms with Gasteiger partial charge in [0.2, 0.25) is 5.91 Å². The number of H-pyrrole nitrogens is 1. The SMILES string of the molecule is CC(=O)Nc1ccc(NS(=O)(=O)c2ccc(-c3cc(C(F)(F)F)[nH]n3)s2)cc1. The largest absolute Gasteiger partial charge is 0.432 e. The maximum absolute atomic E-state index is 12.7. The Hall–Kier alpha value is -2.86. The predicted molar refractivity (Wildman–Crippen MR) is 98.5 cm³/mol. The van der Waals surface area contributed by atoms with E-state index < -0.39 is 21.9 Å². The monoisotopic (exact) mass is 430 g/mol. The second-order valence-corrected chi connectivity index (χ2v) is 8.64. The van der Waals surface area contributed by atoms with Crippen LogP contribution in [0.25, 0.3) is 10.6 Å². The molecule has 0 saturated heterocycles. The molecule has 28 heavy (non-hydrogen) atoms. The Morgan fingerprint density at radius 3 is 2.32 bits per heavy atom. The van der Waals surface area contributed by atoms with E-state index in [9.17, 15) is 26.4 Å². The zero-order valence-electron chi connectivity index (χ0n) is 14.2. The number of thiophene rings is 1. The number of halogens is 3. The number of hydrogen-bond acceptors (Lipinski definition) is 5. The summed E-state index contributed by atoms with van der Waals surface area (Å²) in [6, 6.07) is 9.49. The Kier molecular flexibility index (Phi) is 5.17. The van der Waals surface area contributed by atoms with Crippen molar-refractivity contribution in [2.45, 2.75) is 17.3 Å². The molecule has 0 atom stereocenters. The number of hydrogen-bond donors (Lipinski definition) is 3. The summed E-state index contributed by atoms with van der Waals surface area (Å²) in [4.78, 5) is 11.3. The number of nitrogens with zero attached hydrogens (tertiary/aromatic N) is 1. The fourth-order valence-electron chi connectivity index (χ4n) is 2.23. The summed E-state index contributed by atoms with van der Waals surface area (Å²) in [5.74, 6) is -0.258. The molecule has 0 fully saturated rings. The van der Waals surface area contributed by atoms with Crippen molar-refractivity contribution in [1.82, 2.24) is 10.2 Å². The summed E-state index contributed by atoms with van der Waals surface area (Å²) in [6.07, 6.45) is -4.57. The van der Waals surface area contributed by atoms with Crippen LogP contribution in [-0.2, 0) is 21.0 Å². The van der Waals surface area contributed by atoms with E-state index in [0.717, 1.165) is 17.4 Å². The number of carbonyl (C=O) groups is 1. The lowest BCUT2D eigenvalue weighted by molar-refractivity contribution is -0.141. The van der Waals surface area contributed by atoms with Gasteiger partial charge in [-0.25, -0.2) is 8.42 Å². The highest BCUT2D eigenvalue weighted by Gasteiger charge is 2.33. The first kappa shape index (κ1) is 19.9. The molecule has 2 aromatic heterocycles. The number of alkyl halides is 3. The molecule has 3 N–H and O–H groups in total. The van der Waals surface area contributed by atoms with Crippen molar-refractivity contribution < 1.29 is 26.4 Å². The molecule has 1 amide bonds. The second-order valence-electron chi connectivity index (χ2n) is 5.65. The van der Waals surface area contributed by atoms with Gasteiger partial charge in [-0.2, -0.15) is 18.3 Å². The summed E-state index contributed by atoms with van der Waals surface area (Å²) in [6.45, 7) is 1.35. The number of aromatic amines is 1. The number of carbonyl (C=O) groups excluding carboxylic acids is 1. The molecule has 148 valence electrons. The lowest BCUT2D eigenvalue weighted by atomic mass is 10.3. The summed E-state index contributed by atoms with van der Waals surface area (Å²) >= 11 is 0.790. The van der Waals surface area contributed by atoms with Gasteiger partial charge < -0.3 is 5.32 Å². The van der Waals surface area contributed by atoms with E-state index in [1.165, 1.54) is 43.3 Å². The van der Waals surface area contributed by atoms with E-state index in [1.807, 2.05) is 5.10 Å². The first-order chi connectivity index (χ1) is 13.0. The van der Waals surface area contributed by atoms with Crippen LogP contribution in [0.2, 0.25) is 0 Å². The summed E-state index contributed by atoms with van der Waals surface area (Å²) in [5.41, 5.74) is -0.243. The van der Waals surface area contributed by atoms with Gasteiger partial charge in [0.25, 0.3) is 10.0 Å². The van der Waals surface area contributed by atoms with Crippen molar-refractivity contribution in [2.75, 3.05) is 10.0 Å². The molecule has 0 radical (unpaired) electrons. The highest BCUT2D eigenvalue weighted by Crippen LogP contribution is 2.34. The summed E-state index contributed by atoms with van der Waals surface area (Å²) < 4.78 is 65.2. The van der Waals surface area contributed by atoms with E-state index in [4.69, 9.17) is 0 Å². The average Bonchev–Trinajstić information content (AvgIpc) is 3.25. The van der Waals surface area contributed by atoms with Crippen LogP contribution in [0.4, 0.5) is 24.5 Å². The van der Waals surface area contributed by atoms with Crippen molar-refractivity contribution >= 4 is 38.6 Å². The molecule has 12 heteroatoms. The maximum Gasteiger partial charge on any atom is 0.432 e. The fraction of sp³-hybridized carbons (Fsp3) is 0.125. The van der Waals surface area contributed by atoms with Crippen molar-refractivity contribution in [2.24, 2.45) is 0 Å². The zero-order chi connectivity index (χ0) is 20.5. The van der Waals surface area contributed by atoms with Gasteiger partial charge >= 0.3 is 6.18 Å². The van der Waals surface area contributed by atoms with Crippen molar-refractivity contribution in [3.8, 4) is 10.6 Å². The fourth-order valence-corrected chi connectivity index (χ4v) is 4.55. The highest BCUT2D eigenvalue weighted by atomic mass is 32.2. The van der Waals surface area contributed by atoms with E-state index in [-0.39, 0.29) is 26.4 Å². The minimum Gasteiger partial charge on any atom is -0.326 e. The van der Waals surface area contributed by atoms with Gasteiger partial charge in [-0.15, -0.1) is 11.3 Å². The van der Waals surface area contributed by atoms with Gasteiger partial charge in [0.05, 0.1) is 4.88 Å². The first-order valence-electron chi connectivity index (χ1n) is 7.68.